The number of allylic oxidation sites excluding steroid dienone is 4. The van der Waals surface area contributed by atoms with E-state index in [9.17, 15) is 9.59 Å². The second kappa shape index (κ2) is 3.19. The summed E-state index contributed by atoms with van der Waals surface area (Å²) in [7, 11) is 0. The van der Waals surface area contributed by atoms with Crippen molar-refractivity contribution in [1.29, 1.82) is 0 Å². The Hall–Kier alpha value is -1.18. The maximum Gasteiger partial charge on any atom is 0.159 e. The molecule has 0 radical (unpaired) electrons. The molecule has 0 aromatic rings. The van der Waals surface area contributed by atoms with Crippen LogP contribution in [-0.4, -0.2) is 11.6 Å². The van der Waals surface area contributed by atoms with Gasteiger partial charge in [0.2, 0.25) is 0 Å². The molecule has 0 unspecified atom stereocenters. The monoisotopic (exact) mass is 190 g/mol. The van der Waals surface area contributed by atoms with Crippen LogP contribution in [0.3, 0.4) is 0 Å². The molecular formula is C12H14O2. The van der Waals surface area contributed by atoms with Crippen LogP contribution in [0.2, 0.25) is 0 Å². The van der Waals surface area contributed by atoms with Gasteiger partial charge in [0.15, 0.2) is 11.6 Å². The van der Waals surface area contributed by atoms with Gasteiger partial charge in [0.1, 0.15) is 0 Å². The fourth-order valence-electron chi connectivity index (χ4n) is 2.30. The molecule has 0 N–H and O–H groups in total. The Kier molecular flexibility index (Phi) is 2.14. The van der Waals surface area contributed by atoms with Gasteiger partial charge in [-0.25, -0.2) is 0 Å². The first-order valence-corrected chi connectivity index (χ1v) is 5.00. The van der Waals surface area contributed by atoms with Crippen molar-refractivity contribution in [3.05, 3.63) is 23.3 Å². The van der Waals surface area contributed by atoms with Crippen LogP contribution >= 0.6 is 0 Å². The molecule has 0 spiro atoms. The lowest BCUT2D eigenvalue weighted by Gasteiger charge is -2.31. The molecule has 0 aliphatic heterocycles. The number of rotatable bonds is 0. The van der Waals surface area contributed by atoms with Gasteiger partial charge >= 0.3 is 0 Å². The molecule has 0 bridgehead atoms. The Morgan fingerprint density at radius 1 is 0.929 bits per heavy atom. The van der Waals surface area contributed by atoms with Crippen LogP contribution in [0, 0.1) is 11.8 Å². The van der Waals surface area contributed by atoms with Crippen molar-refractivity contribution in [2.24, 2.45) is 11.8 Å². The number of carbonyl (C=O) groups is 2. The van der Waals surface area contributed by atoms with E-state index in [2.05, 4.69) is 13.8 Å². The maximum absolute atomic E-state index is 11.6. The summed E-state index contributed by atoms with van der Waals surface area (Å²) in [5, 5.41) is 0. The summed E-state index contributed by atoms with van der Waals surface area (Å²) < 4.78 is 0. The van der Waals surface area contributed by atoms with Crippen LogP contribution in [0.5, 0.6) is 0 Å². The Balaban J connectivity index is 2.35. The van der Waals surface area contributed by atoms with Gasteiger partial charge in [-0.15, -0.1) is 0 Å². The van der Waals surface area contributed by atoms with Gasteiger partial charge in [0.05, 0.1) is 0 Å². The molecule has 2 rings (SSSR count). The largest absolute Gasteiger partial charge is 0.295 e. The van der Waals surface area contributed by atoms with Gasteiger partial charge in [-0.05, 0) is 38.8 Å². The molecule has 0 aromatic heterocycles. The predicted molar refractivity (Wildman–Crippen MR) is 53.7 cm³/mol. The minimum atomic E-state index is -0.0730. The number of hydrogen-bond acceptors (Lipinski definition) is 2. The fourth-order valence-corrected chi connectivity index (χ4v) is 2.30. The predicted octanol–water partition coefficient (Wildman–Crippen LogP) is 2.06. The summed E-state index contributed by atoms with van der Waals surface area (Å²) in [6.07, 6.45) is 4.42. The van der Waals surface area contributed by atoms with Crippen molar-refractivity contribution in [2.75, 3.05) is 0 Å². The van der Waals surface area contributed by atoms with Crippen molar-refractivity contribution < 1.29 is 9.59 Å². The zero-order valence-electron chi connectivity index (χ0n) is 8.54. The highest BCUT2D eigenvalue weighted by molar-refractivity contribution is 6.07. The van der Waals surface area contributed by atoms with Gasteiger partial charge in [0, 0.05) is 11.8 Å². The molecular weight excluding hydrogens is 176 g/mol. The van der Waals surface area contributed by atoms with E-state index in [1.807, 2.05) is 0 Å². The van der Waals surface area contributed by atoms with Gasteiger partial charge in [-0.2, -0.15) is 0 Å². The van der Waals surface area contributed by atoms with E-state index < -0.39 is 0 Å². The summed E-state index contributed by atoms with van der Waals surface area (Å²) in [6.45, 7) is 4.11. The molecule has 0 saturated carbocycles. The van der Waals surface area contributed by atoms with E-state index in [4.69, 9.17) is 0 Å². The van der Waals surface area contributed by atoms with E-state index >= 15 is 0 Å². The van der Waals surface area contributed by atoms with Gasteiger partial charge in [-0.1, -0.05) is 11.1 Å². The first-order chi connectivity index (χ1) is 6.59. The number of fused-ring (bicyclic) bond motifs is 1. The zero-order valence-corrected chi connectivity index (χ0v) is 8.54. The third kappa shape index (κ3) is 1.35. The van der Waals surface area contributed by atoms with Crippen LogP contribution in [0.1, 0.15) is 26.7 Å². The van der Waals surface area contributed by atoms with Crippen LogP contribution in [0.15, 0.2) is 23.3 Å². The summed E-state index contributed by atoms with van der Waals surface area (Å²) in [6, 6.07) is 0. The fraction of sp³-hybridized carbons (Fsp3) is 0.500. The normalized spacial score (nSPS) is 32.1. The Morgan fingerprint density at radius 3 is 1.64 bits per heavy atom. The molecule has 14 heavy (non-hydrogen) atoms. The lowest BCUT2D eigenvalue weighted by atomic mass is 9.70. The topological polar surface area (TPSA) is 34.1 Å². The van der Waals surface area contributed by atoms with Gasteiger partial charge < -0.3 is 0 Å². The Bertz CT molecular complexity index is 327. The van der Waals surface area contributed by atoms with Crippen molar-refractivity contribution in [1.82, 2.24) is 0 Å². The molecule has 2 aliphatic carbocycles. The highest BCUT2D eigenvalue weighted by Crippen LogP contribution is 2.37. The minimum absolute atomic E-state index is 0.0730. The zero-order chi connectivity index (χ0) is 10.3. The second-order valence-corrected chi connectivity index (χ2v) is 4.32. The summed E-state index contributed by atoms with van der Waals surface area (Å²) in [5.74, 6) is 0.107. The highest BCUT2D eigenvalue weighted by Gasteiger charge is 2.37. The number of carbonyl (C=O) groups excluding carboxylic acids is 2. The average Bonchev–Trinajstić information content (AvgIpc) is 2.15. The molecule has 2 aliphatic rings. The van der Waals surface area contributed by atoms with Crippen molar-refractivity contribution >= 4 is 11.6 Å². The molecule has 2 atom stereocenters. The third-order valence-electron chi connectivity index (χ3n) is 3.41. The van der Waals surface area contributed by atoms with Gasteiger partial charge in [-0.3, -0.25) is 9.59 Å². The third-order valence-corrected chi connectivity index (χ3v) is 3.41. The van der Waals surface area contributed by atoms with Crippen LogP contribution < -0.4 is 0 Å². The van der Waals surface area contributed by atoms with E-state index in [1.54, 1.807) is 0 Å². The highest BCUT2D eigenvalue weighted by atomic mass is 16.1. The standard InChI is InChI=1S/C12H14O2/c1-7-5-9-10(6-8(7)2)12(14)4-3-11(9)13/h3-4,9-10H,5-6H2,1-2H3/t9-,10+. The lowest BCUT2D eigenvalue weighted by molar-refractivity contribution is -0.129. The van der Waals surface area contributed by atoms with E-state index in [1.165, 1.54) is 23.3 Å². The van der Waals surface area contributed by atoms with E-state index in [0.717, 1.165) is 12.8 Å². The van der Waals surface area contributed by atoms with E-state index in [-0.39, 0.29) is 23.4 Å². The molecule has 0 saturated heterocycles. The quantitative estimate of drug-likeness (QED) is 0.548. The SMILES string of the molecule is CC1=C(C)C[C@H]2C(=O)C=CC(=O)[C@H]2C1. The smallest absolute Gasteiger partial charge is 0.159 e. The Labute approximate surface area is 83.7 Å². The summed E-state index contributed by atoms with van der Waals surface area (Å²) in [4.78, 5) is 23.1. The van der Waals surface area contributed by atoms with Crippen LogP contribution in [0.25, 0.3) is 0 Å². The summed E-state index contributed by atoms with van der Waals surface area (Å²) >= 11 is 0. The van der Waals surface area contributed by atoms with Crippen molar-refractivity contribution in [3.8, 4) is 0 Å². The Morgan fingerprint density at radius 2 is 1.29 bits per heavy atom. The maximum atomic E-state index is 11.6. The van der Waals surface area contributed by atoms with Crippen LogP contribution in [-0.2, 0) is 9.59 Å². The van der Waals surface area contributed by atoms with Crippen LogP contribution in [0.4, 0.5) is 0 Å². The first-order valence-electron chi connectivity index (χ1n) is 5.00. The van der Waals surface area contributed by atoms with E-state index in [0.29, 0.717) is 0 Å². The first kappa shape index (κ1) is 9.38. The molecule has 2 heteroatoms. The average molecular weight is 190 g/mol. The van der Waals surface area contributed by atoms with Gasteiger partial charge in [0.25, 0.3) is 0 Å². The molecule has 0 heterocycles. The molecule has 0 fully saturated rings. The van der Waals surface area contributed by atoms with Crippen molar-refractivity contribution in [3.63, 3.8) is 0 Å². The molecule has 0 amide bonds. The molecule has 0 aromatic carbocycles. The molecule has 2 nitrogen and oxygen atoms in total. The molecule has 74 valence electrons. The summed E-state index contributed by atoms with van der Waals surface area (Å²) in [5.41, 5.74) is 2.56. The number of hydrogen-bond donors (Lipinski definition) is 0. The number of ketones is 2. The van der Waals surface area contributed by atoms with Crippen molar-refractivity contribution in [2.45, 2.75) is 26.7 Å². The second-order valence-electron chi connectivity index (χ2n) is 4.32. The minimum Gasteiger partial charge on any atom is -0.295 e. The lowest BCUT2D eigenvalue weighted by Crippen LogP contribution is -2.34.